The van der Waals surface area contributed by atoms with Crippen molar-refractivity contribution < 1.29 is 13.9 Å². The summed E-state index contributed by atoms with van der Waals surface area (Å²) in [5.41, 5.74) is 4.52. The largest absolute Gasteiger partial charge is 0.497 e. The molecule has 5 rings (SSSR count). The fourth-order valence-corrected chi connectivity index (χ4v) is 5.65. The second kappa shape index (κ2) is 9.61. The molecule has 0 bridgehead atoms. The van der Waals surface area contributed by atoms with Crippen LogP contribution in [0, 0.1) is 18.7 Å². The Bertz CT molecular complexity index is 1430. The predicted octanol–water partition coefficient (Wildman–Crippen LogP) is 3.54. The van der Waals surface area contributed by atoms with Gasteiger partial charge >= 0.3 is 0 Å². The van der Waals surface area contributed by atoms with Gasteiger partial charge in [0.1, 0.15) is 11.6 Å². The standard InChI is InChI=1S/C28H34FN5O3/c1-17-12-20-22(32(4)28(17)36)13-19(37-5)14-23(20)34-11-10-31(3)25-16-24(21(29)15-26(25)34)33-8-6-18(7-9-33)27(35)30-2/h12-16,18H,6-11H2,1-5H3,(H,30,35). The molecule has 0 unspecified atom stereocenters. The molecule has 0 spiro atoms. The number of rotatable bonds is 4. The van der Waals surface area contributed by atoms with Crippen LogP contribution in [0.25, 0.3) is 10.9 Å². The fraction of sp³-hybridized carbons (Fsp3) is 0.429. The van der Waals surface area contributed by atoms with Crippen molar-refractivity contribution in [2.75, 3.05) is 62.1 Å². The van der Waals surface area contributed by atoms with Gasteiger partial charge in [-0.1, -0.05) is 0 Å². The molecular weight excluding hydrogens is 473 g/mol. The van der Waals surface area contributed by atoms with E-state index in [2.05, 4.69) is 15.1 Å². The number of carbonyl (C=O) groups excluding carboxylic acids is 1. The number of hydrogen-bond donors (Lipinski definition) is 1. The van der Waals surface area contributed by atoms with Crippen molar-refractivity contribution >= 4 is 39.6 Å². The Hall–Kier alpha value is -3.75. The van der Waals surface area contributed by atoms with E-state index < -0.39 is 0 Å². The highest BCUT2D eigenvalue weighted by Crippen LogP contribution is 2.44. The molecule has 1 saturated heterocycles. The smallest absolute Gasteiger partial charge is 0.253 e. The highest BCUT2D eigenvalue weighted by Gasteiger charge is 2.30. The third-order valence-corrected chi connectivity index (χ3v) is 7.86. The van der Waals surface area contributed by atoms with E-state index in [1.54, 1.807) is 31.8 Å². The predicted molar refractivity (Wildman–Crippen MR) is 146 cm³/mol. The number of benzene rings is 2. The number of aromatic nitrogens is 1. The van der Waals surface area contributed by atoms with Gasteiger partial charge in [-0.3, -0.25) is 9.59 Å². The van der Waals surface area contributed by atoms with Gasteiger partial charge in [0.05, 0.1) is 35.4 Å². The van der Waals surface area contributed by atoms with Gasteiger partial charge < -0.3 is 29.3 Å². The molecule has 2 aliphatic rings. The first-order chi connectivity index (χ1) is 17.7. The molecular formula is C28H34FN5O3. The minimum absolute atomic E-state index is 0.0270. The van der Waals surface area contributed by atoms with E-state index in [4.69, 9.17) is 4.74 Å². The number of anilines is 4. The Kier molecular flexibility index (Phi) is 6.47. The average Bonchev–Trinajstić information content (AvgIpc) is 2.91. The summed E-state index contributed by atoms with van der Waals surface area (Å²) < 4.78 is 22.9. The Morgan fingerprint density at radius 3 is 2.38 bits per heavy atom. The van der Waals surface area contributed by atoms with Crippen molar-refractivity contribution in [2.24, 2.45) is 13.0 Å². The molecule has 1 N–H and O–H groups in total. The Balaban J connectivity index is 1.58. The maximum absolute atomic E-state index is 15.7. The van der Waals surface area contributed by atoms with Crippen LogP contribution >= 0.6 is 0 Å². The normalized spacial score (nSPS) is 16.2. The molecule has 0 aliphatic carbocycles. The van der Waals surface area contributed by atoms with E-state index >= 15 is 4.39 Å². The quantitative estimate of drug-likeness (QED) is 0.583. The van der Waals surface area contributed by atoms with Crippen LogP contribution in [0.15, 0.2) is 35.1 Å². The lowest BCUT2D eigenvalue weighted by Crippen LogP contribution is -2.40. The molecule has 0 atom stereocenters. The monoisotopic (exact) mass is 507 g/mol. The molecule has 9 heteroatoms. The number of carbonyl (C=O) groups is 1. The first kappa shape index (κ1) is 24.9. The molecule has 2 aliphatic heterocycles. The number of fused-ring (bicyclic) bond motifs is 2. The van der Waals surface area contributed by atoms with Crippen LogP contribution in [0.1, 0.15) is 18.4 Å². The molecule has 3 heterocycles. The van der Waals surface area contributed by atoms with Gasteiger partial charge in [0.25, 0.3) is 5.56 Å². The zero-order valence-corrected chi connectivity index (χ0v) is 22.1. The van der Waals surface area contributed by atoms with Crippen LogP contribution in [0.2, 0.25) is 0 Å². The summed E-state index contributed by atoms with van der Waals surface area (Å²) in [4.78, 5) is 31.0. The Labute approximate surface area is 216 Å². The van der Waals surface area contributed by atoms with Crippen molar-refractivity contribution in [3.63, 3.8) is 0 Å². The van der Waals surface area contributed by atoms with Crippen LogP contribution in [0.3, 0.4) is 0 Å². The van der Waals surface area contributed by atoms with Crippen molar-refractivity contribution in [3.05, 3.63) is 52.1 Å². The highest BCUT2D eigenvalue weighted by atomic mass is 19.1. The van der Waals surface area contributed by atoms with Gasteiger partial charge in [-0.15, -0.1) is 0 Å². The third kappa shape index (κ3) is 4.26. The van der Waals surface area contributed by atoms with E-state index in [1.165, 1.54) is 0 Å². The minimum atomic E-state index is -0.284. The number of likely N-dealkylation sites (N-methyl/N-ethyl adjacent to an activating group) is 1. The summed E-state index contributed by atoms with van der Waals surface area (Å²) in [6.45, 7) is 4.49. The second-order valence-electron chi connectivity index (χ2n) is 10.0. The van der Waals surface area contributed by atoms with Crippen molar-refractivity contribution in [3.8, 4) is 5.75 Å². The van der Waals surface area contributed by atoms with Gasteiger partial charge in [-0.25, -0.2) is 4.39 Å². The number of hydrogen-bond acceptors (Lipinski definition) is 6. The zero-order valence-electron chi connectivity index (χ0n) is 22.1. The molecule has 8 nitrogen and oxygen atoms in total. The number of nitrogens with zero attached hydrogens (tertiary/aromatic N) is 4. The lowest BCUT2D eigenvalue weighted by atomic mass is 9.95. The molecule has 0 radical (unpaired) electrons. The number of methoxy groups -OCH3 is 1. The number of piperidine rings is 1. The number of aryl methyl sites for hydroxylation is 2. The van der Waals surface area contributed by atoms with Crippen LogP contribution < -0.4 is 30.3 Å². The van der Waals surface area contributed by atoms with E-state index in [1.807, 2.05) is 43.1 Å². The lowest BCUT2D eigenvalue weighted by Gasteiger charge is -2.39. The lowest BCUT2D eigenvalue weighted by molar-refractivity contribution is -0.125. The van der Waals surface area contributed by atoms with Crippen molar-refractivity contribution in [1.82, 2.24) is 9.88 Å². The summed E-state index contributed by atoms with van der Waals surface area (Å²) in [5.74, 6) is 0.381. The topological polar surface area (TPSA) is 70.0 Å². The van der Waals surface area contributed by atoms with Crippen LogP contribution in [-0.2, 0) is 11.8 Å². The molecule has 1 amide bonds. The number of pyridine rings is 1. The first-order valence-electron chi connectivity index (χ1n) is 12.7. The van der Waals surface area contributed by atoms with E-state index in [0.717, 1.165) is 34.5 Å². The molecule has 196 valence electrons. The number of ether oxygens (including phenoxy) is 1. The van der Waals surface area contributed by atoms with Gasteiger partial charge in [0.2, 0.25) is 5.91 Å². The summed E-state index contributed by atoms with van der Waals surface area (Å²) in [5, 5.41) is 3.64. The summed E-state index contributed by atoms with van der Waals surface area (Å²) in [6.07, 6.45) is 1.40. The van der Waals surface area contributed by atoms with Gasteiger partial charge in [-0.2, -0.15) is 0 Å². The van der Waals surface area contributed by atoms with Gasteiger partial charge in [0, 0.05) is 82.4 Å². The number of halogens is 1. The minimum Gasteiger partial charge on any atom is -0.497 e. The Morgan fingerprint density at radius 2 is 1.70 bits per heavy atom. The SMILES string of the molecule is CNC(=O)C1CCN(c2cc3c(cc2F)N(c2cc(OC)cc4c2cc(C)c(=O)n4C)CCN3C)CC1. The number of nitrogens with one attached hydrogen (secondary N) is 1. The van der Waals surface area contributed by atoms with E-state index in [0.29, 0.717) is 49.5 Å². The average molecular weight is 508 g/mol. The molecule has 1 aromatic heterocycles. The molecule has 2 aromatic carbocycles. The molecule has 0 saturated carbocycles. The molecule has 1 fully saturated rings. The number of amides is 1. The van der Waals surface area contributed by atoms with Gasteiger partial charge in [0.15, 0.2) is 0 Å². The van der Waals surface area contributed by atoms with E-state index in [9.17, 15) is 9.59 Å². The molecule has 37 heavy (non-hydrogen) atoms. The zero-order chi connectivity index (χ0) is 26.4. The second-order valence-corrected chi connectivity index (χ2v) is 10.0. The third-order valence-electron chi connectivity index (χ3n) is 7.86. The van der Waals surface area contributed by atoms with Gasteiger partial charge in [-0.05, 0) is 31.9 Å². The Morgan fingerprint density at radius 1 is 0.973 bits per heavy atom. The summed E-state index contributed by atoms with van der Waals surface area (Å²) in [7, 11) is 7.05. The highest BCUT2D eigenvalue weighted by molar-refractivity contribution is 5.98. The van der Waals surface area contributed by atoms with Crippen LogP contribution in [0.5, 0.6) is 5.75 Å². The van der Waals surface area contributed by atoms with E-state index in [-0.39, 0.29) is 23.2 Å². The maximum atomic E-state index is 15.7. The summed E-state index contributed by atoms with van der Waals surface area (Å²) in [6, 6.07) is 9.27. The van der Waals surface area contributed by atoms with Crippen LogP contribution in [-0.4, -0.2) is 57.9 Å². The van der Waals surface area contributed by atoms with Crippen molar-refractivity contribution in [2.45, 2.75) is 19.8 Å². The first-order valence-corrected chi connectivity index (χ1v) is 12.7. The summed E-state index contributed by atoms with van der Waals surface area (Å²) >= 11 is 0. The molecule has 3 aromatic rings. The fourth-order valence-electron chi connectivity index (χ4n) is 5.65. The maximum Gasteiger partial charge on any atom is 0.253 e. The van der Waals surface area contributed by atoms with Crippen molar-refractivity contribution in [1.29, 1.82) is 0 Å². The van der Waals surface area contributed by atoms with Crippen LogP contribution in [0.4, 0.5) is 27.1 Å².